The molecule has 2 aromatic rings. The Labute approximate surface area is 122 Å². The number of aromatic nitrogens is 2. The van der Waals surface area contributed by atoms with Crippen molar-refractivity contribution in [2.45, 2.75) is 18.8 Å². The number of carbonyl (C=O) groups excluding carboxylic acids is 1. The molecule has 7 heteroatoms. The maximum atomic E-state index is 13.1. The fourth-order valence-electron chi connectivity index (χ4n) is 1.98. The molecule has 1 aromatic carbocycles. The van der Waals surface area contributed by atoms with E-state index in [1.807, 2.05) is 0 Å². The Balaban J connectivity index is 1.80. The molecule has 1 aliphatic rings. The van der Waals surface area contributed by atoms with E-state index in [0.717, 1.165) is 18.5 Å². The number of halogens is 2. The summed E-state index contributed by atoms with van der Waals surface area (Å²) in [7, 11) is 0. The van der Waals surface area contributed by atoms with E-state index in [0.29, 0.717) is 17.3 Å². The average Bonchev–Trinajstić information content (AvgIpc) is 3.17. The summed E-state index contributed by atoms with van der Waals surface area (Å²) in [6, 6.07) is 4.23. The summed E-state index contributed by atoms with van der Waals surface area (Å²) in [5, 5.41) is 9.42. The molecule has 1 aliphatic carbocycles. The van der Waals surface area contributed by atoms with Crippen molar-refractivity contribution in [2.24, 2.45) is 0 Å². The number of nitrogens with one attached hydrogen (secondary N) is 2. The third kappa shape index (κ3) is 2.40. The van der Waals surface area contributed by atoms with E-state index in [9.17, 15) is 9.18 Å². The minimum atomic E-state index is -0.413. The van der Waals surface area contributed by atoms with Crippen molar-refractivity contribution in [2.75, 3.05) is 11.1 Å². The van der Waals surface area contributed by atoms with Crippen molar-refractivity contribution in [1.29, 1.82) is 0 Å². The number of anilines is 2. The van der Waals surface area contributed by atoms with Crippen molar-refractivity contribution in [3.8, 4) is 0 Å². The zero-order valence-electron chi connectivity index (χ0n) is 10.4. The molecule has 4 N–H and O–H groups in total. The maximum Gasteiger partial charge on any atom is 0.278 e. The van der Waals surface area contributed by atoms with Crippen LogP contribution in [-0.4, -0.2) is 16.1 Å². The molecule has 1 amide bonds. The van der Waals surface area contributed by atoms with Crippen molar-refractivity contribution in [3.63, 3.8) is 0 Å². The molecule has 1 heterocycles. The minimum Gasteiger partial charge on any atom is -0.395 e. The second-order valence-corrected chi connectivity index (χ2v) is 5.61. The second-order valence-electron chi connectivity index (χ2n) is 4.76. The van der Waals surface area contributed by atoms with Crippen molar-refractivity contribution < 1.29 is 9.18 Å². The zero-order valence-corrected chi connectivity index (χ0v) is 12.0. The molecule has 1 aromatic heterocycles. The Morgan fingerprint density at radius 2 is 2.25 bits per heavy atom. The van der Waals surface area contributed by atoms with Crippen LogP contribution in [0.15, 0.2) is 22.7 Å². The number of nitrogen functional groups attached to an aromatic ring is 1. The van der Waals surface area contributed by atoms with Crippen molar-refractivity contribution >= 4 is 33.2 Å². The van der Waals surface area contributed by atoms with E-state index in [2.05, 4.69) is 31.4 Å². The summed E-state index contributed by atoms with van der Waals surface area (Å²) in [6.45, 7) is 0. The molecule has 0 spiro atoms. The van der Waals surface area contributed by atoms with E-state index >= 15 is 0 Å². The topological polar surface area (TPSA) is 83.8 Å². The lowest BCUT2D eigenvalue weighted by atomic mass is 10.2. The van der Waals surface area contributed by atoms with Gasteiger partial charge in [-0.3, -0.25) is 9.89 Å². The summed E-state index contributed by atoms with van der Waals surface area (Å²) < 4.78 is 13.4. The van der Waals surface area contributed by atoms with Gasteiger partial charge in [-0.05, 0) is 47.0 Å². The minimum absolute atomic E-state index is 0.173. The van der Waals surface area contributed by atoms with Crippen molar-refractivity contribution in [3.05, 3.63) is 39.9 Å². The summed E-state index contributed by atoms with van der Waals surface area (Å²) in [6.07, 6.45) is 2.14. The van der Waals surface area contributed by atoms with Crippen LogP contribution in [0.3, 0.4) is 0 Å². The maximum absolute atomic E-state index is 13.1. The lowest BCUT2D eigenvalue weighted by Gasteiger charge is -2.05. The van der Waals surface area contributed by atoms with Crippen LogP contribution >= 0.6 is 15.9 Å². The zero-order chi connectivity index (χ0) is 14.3. The van der Waals surface area contributed by atoms with Crippen LogP contribution in [0.4, 0.5) is 15.8 Å². The quantitative estimate of drug-likeness (QED) is 0.804. The lowest BCUT2D eigenvalue weighted by molar-refractivity contribution is 0.102. The monoisotopic (exact) mass is 338 g/mol. The Bertz CT molecular complexity index is 681. The van der Waals surface area contributed by atoms with Gasteiger partial charge in [0.1, 0.15) is 5.82 Å². The molecule has 0 saturated heterocycles. The number of nitrogens with two attached hydrogens (primary N) is 1. The highest BCUT2D eigenvalue weighted by Crippen LogP contribution is 2.42. The second kappa shape index (κ2) is 4.90. The molecule has 0 unspecified atom stereocenters. The van der Waals surface area contributed by atoms with E-state index in [1.54, 1.807) is 0 Å². The SMILES string of the molecule is Nc1c(C(=O)Nc2ccc(F)c(Br)c2)n[nH]c1C1CC1. The largest absolute Gasteiger partial charge is 0.395 e. The molecule has 1 fully saturated rings. The van der Waals surface area contributed by atoms with E-state index < -0.39 is 11.7 Å². The fourth-order valence-corrected chi connectivity index (χ4v) is 2.36. The number of hydrogen-bond donors (Lipinski definition) is 3. The molecule has 0 aliphatic heterocycles. The standard InChI is InChI=1S/C13H12BrFN4O/c14-8-5-7(3-4-9(8)15)17-13(20)12-10(16)11(18-19-12)6-1-2-6/h3-6H,1-2,16H2,(H,17,20)(H,18,19). The molecule has 1 saturated carbocycles. The Morgan fingerprint density at radius 3 is 2.90 bits per heavy atom. The van der Waals surface area contributed by atoms with Gasteiger partial charge in [-0.2, -0.15) is 5.10 Å². The molecular weight excluding hydrogens is 327 g/mol. The first-order valence-electron chi connectivity index (χ1n) is 6.16. The number of aromatic amines is 1. The third-order valence-corrected chi connectivity index (χ3v) is 3.82. The van der Waals surface area contributed by atoms with Crippen LogP contribution < -0.4 is 11.1 Å². The highest BCUT2D eigenvalue weighted by molar-refractivity contribution is 9.10. The van der Waals surface area contributed by atoms with Crippen LogP contribution in [0, 0.1) is 5.82 Å². The van der Waals surface area contributed by atoms with E-state index in [1.165, 1.54) is 18.2 Å². The van der Waals surface area contributed by atoms with E-state index in [4.69, 9.17) is 5.73 Å². The number of H-pyrrole nitrogens is 1. The van der Waals surface area contributed by atoms with Gasteiger partial charge in [-0.25, -0.2) is 4.39 Å². The van der Waals surface area contributed by atoms with E-state index in [-0.39, 0.29) is 10.2 Å². The normalized spacial score (nSPS) is 14.3. The molecule has 0 bridgehead atoms. The molecule has 0 radical (unpaired) electrons. The molecule has 5 nitrogen and oxygen atoms in total. The van der Waals surface area contributed by atoms with Gasteiger partial charge in [-0.1, -0.05) is 0 Å². The van der Waals surface area contributed by atoms with Gasteiger partial charge >= 0.3 is 0 Å². The van der Waals surface area contributed by atoms with Crippen molar-refractivity contribution in [1.82, 2.24) is 10.2 Å². The van der Waals surface area contributed by atoms with Crippen LogP contribution in [0.2, 0.25) is 0 Å². The number of rotatable bonds is 3. The van der Waals surface area contributed by atoms with Gasteiger partial charge in [0, 0.05) is 11.6 Å². The third-order valence-electron chi connectivity index (χ3n) is 3.21. The first-order valence-corrected chi connectivity index (χ1v) is 6.95. The molecule has 3 rings (SSSR count). The fraction of sp³-hybridized carbons (Fsp3) is 0.231. The predicted octanol–water partition coefficient (Wildman–Crippen LogP) is 3.02. The Morgan fingerprint density at radius 1 is 1.50 bits per heavy atom. The lowest BCUT2D eigenvalue weighted by Crippen LogP contribution is -2.14. The van der Waals surface area contributed by atoms with Crippen LogP contribution in [0.25, 0.3) is 0 Å². The highest BCUT2D eigenvalue weighted by atomic mass is 79.9. The number of carbonyl (C=O) groups is 1. The summed E-state index contributed by atoms with van der Waals surface area (Å²) in [4.78, 5) is 12.1. The van der Waals surface area contributed by atoms with Gasteiger partial charge in [0.25, 0.3) is 5.91 Å². The number of benzene rings is 1. The van der Waals surface area contributed by atoms with Gasteiger partial charge < -0.3 is 11.1 Å². The number of hydrogen-bond acceptors (Lipinski definition) is 3. The van der Waals surface area contributed by atoms with Gasteiger partial charge in [0.15, 0.2) is 5.69 Å². The molecule has 20 heavy (non-hydrogen) atoms. The van der Waals surface area contributed by atoms with Crippen LogP contribution in [0.5, 0.6) is 0 Å². The van der Waals surface area contributed by atoms with Gasteiger partial charge in [0.2, 0.25) is 0 Å². The van der Waals surface area contributed by atoms with Crippen LogP contribution in [0.1, 0.15) is 34.9 Å². The highest BCUT2D eigenvalue weighted by Gasteiger charge is 2.30. The summed E-state index contributed by atoms with van der Waals surface area (Å²) >= 11 is 3.07. The first-order chi connectivity index (χ1) is 9.56. The Hall–Kier alpha value is -1.89. The van der Waals surface area contributed by atoms with Gasteiger partial charge in [-0.15, -0.1) is 0 Å². The van der Waals surface area contributed by atoms with Crippen LogP contribution in [-0.2, 0) is 0 Å². The molecule has 104 valence electrons. The predicted molar refractivity (Wildman–Crippen MR) is 77.0 cm³/mol. The summed E-state index contributed by atoms with van der Waals surface area (Å²) in [5.41, 5.74) is 7.80. The first kappa shape index (κ1) is 13.1. The smallest absolute Gasteiger partial charge is 0.278 e. The molecule has 0 atom stereocenters. The Kier molecular flexibility index (Phi) is 3.21. The number of amides is 1. The van der Waals surface area contributed by atoms with Gasteiger partial charge in [0.05, 0.1) is 15.9 Å². The summed E-state index contributed by atoms with van der Waals surface area (Å²) in [5.74, 6) is -0.411. The number of nitrogens with zero attached hydrogens (tertiary/aromatic N) is 1. The molecular formula is C13H12BrFN4O. The average molecular weight is 339 g/mol.